The fraction of sp³-hybridized carbons (Fsp3) is 0.333. The third kappa shape index (κ3) is 3.67. The minimum absolute atomic E-state index is 0.0335. The molecule has 1 aliphatic rings. The van der Waals surface area contributed by atoms with E-state index in [1.165, 1.54) is 6.07 Å². The number of nitro groups is 1. The van der Waals surface area contributed by atoms with E-state index in [4.69, 9.17) is 25.6 Å². The van der Waals surface area contributed by atoms with Gasteiger partial charge in [-0.2, -0.15) is 0 Å². The zero-order chi connectivity index (χ0) is 18.9. The summed E-state index contributed by atoms with van der Waals surface area (Å²) in [4.78, 5) is 10.7. The summed E-state index contributed by atoms with van der Waals surface area (Å²) < 4.78 is 17.5. The number of methoxy groups -OCH3 is 1. The first-order valence-electron chi connectivity index (χ1n) is 8.07. The van der Waals surface area contributed by atoms with Gasteiger partial charge in [0.2, 0.25) is 6.49 Å². The lowest BCUT2D eigenvalue weighted by molar-refractivity contribution is -0.385. The molecule has 0 N–H and O–H groups in total. The standard InChI is InChI=1S/C18H20NO5PS/c1-18(2)12-23-25(26,16-9-7-15(22-3)8-10-16)24-17(18)13-5-4-6-14(11-13)19(20)21/h4-11,17H,12H2,1-3H3. The molecule has 1 saturated heterocycles. The van der Waals surface area contributed by atoms with Gasteiger partial charge in [0.15, 0.2) is 0 Å². The van der Waals surface area contributed by atoms with Gasteiger partial charge in [-0.3, -0.25) is 10.1 Å². The van der Waals surface area contributed by atoms with E-state index in [1.54, 1.807) is 19.2 Å². The molecule has 26 heavy (non-hydrogen) atoms. The van der Waals surface area contributed by atoms with Gasteiger partial charge in [-0.1, -0.05) is 26.0 Å². The normalized spacial score (nSPS) is 24.8. The first kappa shape index (κ1) is 19.0. The molecule has 0 amide bonds. The monoisotopic (exact) mass is 393 g/mol. The zero-order valence-electron chi connectivity index (χ0n) is 14.7. The van der Waals surface area contributed by atoms with E-state index in [2.05, 4.69) is 0 Å². The van der Waals surface area contributed by atoms with Gasteiger partial charge in [0, 0.05) is 22.9 Å². The number of benzene rings is 2. The maximum atomic E-state index is 11.1. The number of nitrogens with zero attached hydrogens (tertiary/aromatic N) is 1. The number of hydrogen-bond acceptors (Lipinski definition) is 6. The molecule has 0 aliphatic carbocycles. The van der Waals surface area contributed by atoms with Crippen LogP contribution in [0.1, 0.15) is 25.5 Å². The van der Waals surface area contributed by atoms with E-state index in [0.29, 0.717) is 6.61 Å². The Bertz CT molecular complexity index is 868. The molecule has 0 spiro atoms. The van der Waals surface area contributed by atoms with Gasteiger partial charge >= 0.3 is 0 Å². The van der Waals surface area contributed by atoms with Crippen molar-refractivity contribution >= 4 is 29.3 Å². The molecule has 3 rings (SSSR count). The van der Waals surface area contributed by atoms with Crippen molar-refractivity contribution in [3.63, 3.8) is 0 Å². The molecule has 6 nitrogen and oxygen atoms in total. The van der Waals surface area contributed by atoms with Crippen LogP contribution in [0.5, 0.6) is 5.75 Å². The van der Waals surface area contributed by atoms with Gasteiger partial charge in [-0.15, -0.1) is 0 Å². The minimum Gasteiger partial charge on any atom is -0.497 e. The summed E-state index contributed by atoms with van der Waals surface area (Å²) in [5.74, 6) is 0.725. The maximum Gasteiger partial charge on any atom is 0.269 e. The zero-order valence-corrected chi connectivity index (χ0v) is 16.5. The Morgan fingerprint density at radius 1 is 1.27 bits per heavy atom. The van der Waals surface area contributed by atoms with Crippen LogP contribution in [-0.2, 0) is 20.9 Å². The van der Waals surface area contributed by atoms with E-state index < -0.39 is 17.5 Å². The molecule has 2 aromatic carbocycles. The molecule has 0 aromatic heterocycles. The van der Waals surface area contributed by atoms with Crippen LogP contribution in [0.15, 0.2) is 48.5 Å². The van der Waals surface area contributed by atoms with E-state index in [-0.39, 0.29) is 11.1 Å². The predicted octanol–water partition coefficient (Wildman–Crippen LogP) is 4.35. The van der Waals surface area contributed by atoms with Gasteiger partial charge in [-0.25, -0.2) is 0 Å². The molecule has 2 unspecified atom stereocenters. The molecule has 0 radical (unpaired) electrons. The maximum absolute atomic E-state index is 11.1. The Morgan fingerprint density at radius 2 is 1.96 bits per heavy atom. The molecule has 0 saturated carbocycles. The molecule has 2 aromatic rings. The van der Waals surface area contributed by atoms with Crippen LogP contribution in [-0.4, -0.2) is 18.6 Å². The van der Waals surface area contributed by atoms with Crippen molar-refractivity contribution in [1.82, 2.24) is 0 Å². The fourth-order valence-corrected chi connectivity index (χ4v) is 5.67. The Balaban J connectivity index is 1.97. The van der Waals surface area contributed by atoms with Crippen molar-refractivity contribution in [2.45, 2.75) is 20.0 Å². The van der Waals surface area contributed by atoms with E-state index in [1.807, 2.05) is 44.2 Å². The second-order valence-electron chi connectivity index (χ2n) is 6.80. The number of hydrogen-bond donors (Lipinski definition) is 0. The molecular weight excluding hydrogens is 373 g/mol. The summed E-state index contributed by atoms with van der Waals surface area (Å²) in [6.45, 7) is 1.68. The van der Waals surface area contributed by atoms with Crippen LogP contribution in [0.3, 0.4) is 0 Å². The second-order valence-corrected chi connectivity index (χ2v) is 10.2. The lowest BCUT2D eigenvalue weighted by atomic mass is 9.83. The average Bonchev–Trinajstić information content (AvgIpc) is 2.64. The molecule has 2 atom stereocenters. The first-order valence-corrected chi connectivity index (χ1v) is 10.7. The van der Waals surface area contributed by atoms with Crippen LogP contribution >= 0.6 is 6.49 Å². The summed E-state index contributed by atoms with van der Waals surface area (Å²) in [5, 5.41) is 11.9. The average molecular weight is 393 g/mol. The van der Waals surface area contributed by atoms with Crippen molar-refractivity contribution < 1.29 is 18.7 Å². The van der Waals surface area contributed by atoms with Crippen molar-refractivity contribution in [3.05, 3.63) is 64.2 Å². The van der Waals surface area contributed by atoms with Gasteiger partial charge in [-0.05, 0) is 41.6 Å². The highest BCUT2D eigenvalue weighted by atomic mass is 32.5. The van der Waals surface area contributed by atoms with Crippen molar-refractivity contribution in [2.24, 2.45) is 5.41 Å². The Labute approximate surface area is 157 Å². The van der Waals surface area contributed by atoms with Crippen molar-refractivity contribution in [1.29, 1.82) is 0 Å². The van der Waals surface area contributed by atoms with Crippen LogP contribution < -0.4 is 10.0 Å². The van der Waals surface area contributed by atoms with Gasteiger partial charge < -0.3 is 13.8 Å². The van der Waals surface area contributed by atoms with Gasteiger partial charge in [0.25, 0.3) is 5.69 Å². The van der Waals surface area contributed by atoms with E-state index in [0.717, 1.165) is 16.6 Å². The Kier molecular flexibility index (Phi) is 5.17. The number of ether oxygens (including phenoxy) is 1. The first-order chi connectivity index (χ1) is 12.2. The van der Waals surface area contributed by atoms with Crippen LogP contribution in [0, 0.1) is 15.5 Å². The summed E-state index contributed by atoms with van der Waals surface area (Å²) >= 11 is 5.76. The van der Waals surface area contributed by atoms with Gasteiger partial charge in [0.05, 0.1) is 24.7 Å². The molecule has 0 bridgehead atoms. The van der Waals surface area contributed by atoms with Crippen molar-refractivity contribution in [3.8, 4) is 5.75 Å². The van der Waals surface area contributed by atoms with Crippen LogP contribution in [0.2, 0.25) is 0 Å². The second kappa shape index (κ2) is 7.08. The lowest BCUT2D eigenvalue weighted by Gasteiger charge is -2.43. The van der Waals surface area contributed by atoms with Crippen molar-refractivity contribution in [2.75, 3.05) is 13.7 Å². The highest BCUT2D eigenvalue weighted by Crippen LogP contribution is 2.60. The summed E-state index contributed by atoms with van der Waals surface area (Å²) in [6, 6.07) is 13.8. The molecule has 8 heteroatoms. The lowest BCUT2D eigenvalue weighted by Crippen LogP contribution is -2.35. The quantitative estimate of drug-likeness (QED) is 0.437. The number of nitro benzene ring substituents is 1. The predicted molar refractivity (Wildman–Crippen MR) is 104 cm³/mol. The smallest absolute Gasteiger partial charge is 0.269 e. The topological polar surface area (TPSA) is 70.8 Å². The number of non-ortho nitro benzene ring substituents is 1. The summed E-state index contributed by atoms with van der Waals surface area (Å²) in [6.07, 6.45) is -0.399. The highest BCUT2D eigenvalue weighted by Gasteiger charge is 2.43. The Hall–Kier alpha value is -1.79. The fourth-order valence-electron chi connectivity index (χ4n) is 2.85. The molecule has 138 valence electrons. The molecule has 1 heterocycles. The largest absolute Gasteiger partial charge is 0.497 e. The third-order valence-corrected chi connectivity index (χ3v) is 7.43. The SMILES string of the molecule is COc1ccc(P2(=S)OCC(C)(C)C(c3cccc([N+](=O)[O-])c3)O2)cc1. The van der Waals surface area contributed by atoms with Crippen LogP contribution in [0.25, 0.3) is 0 Å². The summed E-state index contributed by atoms with van der Waals surface area (Å²) in [5.41, 5.74) is 0.394. The summed E-state index contributed by atoms with van der Waals surface area (Å²) in [7, 11) is 1.60. The minimum atomic E-state index is -2.73. The van der Waals surface area contributed by atoms with E-state index >= 15 is 0 Å². The molecule has 1 aliphatic heterocycles. The highest BCUT2D eigenvalue weighted by molar-refractivity contribution is 8.13. The third-order valence-electron chi connectivity index (χ3n) is 4.33. The van der Waals surface area contributed by atoms with Gasteiger partial charge in [0.1, 0.15) is 5.75 Å². The van der Waals surface area contributed by atoms with E-state index in [9.17, 15) is 10.1 Å². The van der Waals surface area contributed by atoms with Crippen LogP contribution in [0.4, 0.5) is 5.69 Å². The molecular formula is C18H20NO5PS. The molecule has 1 fully saturated rings. The number of rotatable bonds is 4. The Morgan fingerprint density at radius 3 is 2.58 bits per heavy atom.